The minimum Gasteiger partial charge on any atom is -0.489 e. The van der Waals surface area contributed by atoms with Crippen molar-refractivity contribution in [1.29, 1.82) is 0 Å². The Balaban J connectivity index is 3.17. The van der Waals surface area contributed by atoms with E-state index in [1.54, 1.807) is 12.2 Å². The van der Waals surface area contributed by atoms with E-state index < -0.39 is 0 Å². The van der Waals surface area contributed by atoms with Crippen molar-refractivity contribution in [2.45, 2.75) is 12.8 Å². The first-order valence-electron chi connectivity index (χ1n) is 6.61. The zero-order valence-corrected chi connectivity index (χ0v) is 11.9. The second-order valence-corrected chi connectivity index (χ2v) is 4.25. The van der Waals surface area contributed by atoms with Crippen molar-refractivity contribution in [3.63, 3.8) is 0 Å². The maximum atomic E-state index is 5.71. The molecule has 1 aromatic carbocycles. The number of ether oxygens (including phenoxy) is 2. The van der Waals surface area contributed by atoms with Crippen molar-refractivity contribution in [2.75, 3.05) is 13.2 Å². The first-order valence-corrected chi connectivity index (χ1v) is 6.61. The molecular weight excluding hydrogens is 248 g/mol. The molecule has 0 N–H and O–H groups in total. The predicted molar refractivity (Wildman–Crippen MR) is 85.6 cm³/mol. The molecule has 0 saturated carbocycles. The van der Waals surface area contributed by atoms with Crippen molar-refractivity contribution in [3.8, 4) is 11.5 Å². The molecule has 0 amide bonds. The van der Waals surface area contributed by atoms with Crippen LogP contribution in [0.2, 0.25) is 0 Å². The normalized spacial score (nSPS) is 9.60. The van der Waals surface area contributed by atoms with Crippen LogP contribution in [0.15, 0.2) is 62.8 Å². The fraction of sp³-hybridized carbons (Fsp3) is 0.222. The van der Waals surface area contributed by atoms with Gasteiger partial charge in [0.05, 0.1) is 0 Å². The number of rotatable bonds is 10. The summed E-state index contributed by atoms with van der Waals surface area (Å²) in [6, 6.07) is 4.00. The van der Waals surface area contributed by atoms with Gasteiger partial charge in [0, 0.05) is 11.1 Å². The minimum atomic E-state index is 0.477. The van der Waals surface area contributed by atoms with Crippen LogP contribution in [-0.2, 0) is 12.8 Å². The second-order valence-electron chi connectivity index (χ2n) is 4.25. The van der Waals surface area contributed by atoms with Gasteiger partial charge in [0.2, 0.25) is 0 Å². The lowest BCUT2D eigenvalue weighted by atomic mass is 10.0. The summed E-state index contributed by atoms with van der Waals surface area (Å²) in [6.45, 7) is 15.9. The third kappa shape index (κ3) is 4.47. The smallest absolute Gasteiger partial charge is 0.123 e. The van der Waals surface area contributed by atoms with Crippen LogP contribution in [0.5, 0.6) is 11.5 Å². The summed E-state index contributed by atoms with van der Waals surface area (Å²) in [5.74, 6) is 1.68. The van der Waals surface area contributed by atoms with Crippen molar-refractivity contribution in [3.05, 3.63) is 73.9 Å². The van der Waals surface area contributed by atoms with Gasteiger partial charge in [0.1, 0.15) is 24.7 Å². The van der Waals surface area contributed by atoms with E-state index in [1.165, 1.54) is 0 Å². The molecule has 1 aromatic rings. The highest BCUT2D eigenvalue weighted by Gasteiger charge is 2.10. The fourth-order valence-electron chi connectivity index (χ4n) is 1.84. The molecule has 0 radical (unpaired) electrons. The van der Waals surface area contributed by atoms with E-state index in [0.717, 1.165) is 35.5 Å². The highest BCUT2D eigenvalue weighted by Crippen LogP contribution is 2.30. The Hall–Kier alpha value is -2.22. The molecule has 0 aliphatic rings. The van der Waals surface area contributed by atoms with E-state index in [0.29, 0.717) is 13.2 Å². The molecule has 1 rings (SSSR count). The molecule has 0 bridgehead atoms. The van der Waals surface area contributed by atoms with Gasteiger partial charge in [-0.05, 0) is 25.0 Å². The molecule has 20 heavy (non-hydrogen) atoms. The summed E-state index contributed by atoms with van der Waals surface area (Å²) in [5, 5.41) is 0. The van der Waals surface area contributed by atoms with Crippen LogP contribution < -0.4 is 9.47 Å². The summed E-state index contributed by atoms with van der Waals surface area (Å²) in [6.07, 6.45) is 8.61. The third-order valence-electron chi connectivity index (χ3n) is 2.69. The van der Waals surface area contributed by atoms with Crippen molar-refractivity contribution < 1.29 is 9.47 Å². The maximum Gasteiger partial charge on any atom is 0.123 e. The van der Waals surface area contributed by atoms with Gasteiger partial charge in [-0.2, -0.15) is 0 Å². The van der Waals surface area contributed by atoms with Gasteiger partial charge in [0.15, 0.2) is 0 Å². The van der Waals surface area contributed by atoms with Gasteiger partial charge >= 0.3 is 0 Å². The molecule has 2 heteroatoms. The average Bonchev–Trinajstić information content (AvgIpc) is 2.46. The zero-order chi connectivity index (χ0) is 14.8. The molecule has 0 aliphatic carbocycles. The summed E-state index contributed by atoms with van der Waals surface area (Å²) in [7, 11) is 0. The van der Waals surface area contributed by atoms with Gasteiger partial charge in [-0.25, -0.2) is 0 Å². The lowest BCUT2D eigenvalue weighted by Crippen LogP contribution is -2.02. The van der Waals surface area contributed by atoms with Gasteiger partial charge in [-0.15, -0.1) is 13.2 Å². The maximum absolute atomic E-state index is 5.71. The van der Waals surface area contributed by atoms with Crippen LogP contribution >= 0.6 is 0 Å². The highest BCUT2D eigenvalue weighted by molar-refractivity contribution is 5.48. The Bertz CT molecular complexity index is 441. The minimum absolute atomic E-state index is 0.477. The van der Waals surface area contributed by atoms with E-state index >= 15 is 0 Å². The molecule has 0 heterocycles. The van der Waals surface area contributed by atoms with Crippen LogP contribution in [-0.4, -0.2) is 13.2 Å². The summed E-state index contributed by atoms with van der Waals surface area (Å²) in [4.78, 5) is 0. The van der Waals surface area contributed by atoms with E-state index in [1.807, 2.05) is 24.3 Å². The molecule has 0 atom stereocenters. The molecule has 0 saturated heterocycles. The standard InChI is InChI=1S/C18H22O2/c1-5-9-15-13-18(20-12-8-4)16(10-6-2)14-17(15)19-11-7-3/h5-8,13-14H,1-4,9-12H2. The predicted octanol–water partition coefficient (Wildman–Crippen LogP) is 4.27. The van der Waals surface area contributed by atoms with Crippen molar-refractivity contribution in [2.24, 2.45) is 0 Å². The molecular formula is C18H22O2. The van der Waals surface area contributed by atoms with Gasteiger partial charge in [-0.3, -0.25) is 0 Å². The first-order chi connectivity index (χ1) is 9.76. The SMILES string of the molecule is C=CCOc1cc(CC=C)c(OCC=C)cc1CC=C. The van der Waals surface area contributed by atoms with E-state index in [2.05, 4.69) is 26.3 Å². The molecule has 0 unspecified atom stereocenters. The number of hydrogen-bond donors (Lipinski definition) is 0. The number of benzene rings is 1. The zero-order valence-electron chi connectivity index (χ0n) is 11.9. The molecule has 0 spiro atoms. The Morgan fingerprint density at radius 3 is 1.40 bits per heavy atom. The molecule has 0 aliphatic heterocycles. The fourth-order valence-corrected chi connectivity index (χ4v) is 1.84. The molecule has 0 fully saturated rings. The lowest BCUT2D eigenvalue weighted by Gasteiger charge is -2.15. The van der Waals surface area contributed by atoms with Gasteiger partial charge in [0.25, 0.3) is 0 Å². The van der Waals surface area contributed by atoms with Gasteiger partial charge < -0.3 is 9.47 Å². The van der Waals surface area contributed by atoms with Crippen LogP contribution in [0.3, 0.4) is 0 Å². The van der Waals surface area contributed by atoms with E-state index in [-0.39, 0.29) is 0 Å². The van der Waals surface area contributed by atoms with Crippen LogP contribution in [0.4, 0.5) is 0 Å². The first kappa shape index (κ1) is 15.8. The summed E-state index contributed by atoms with van der Waals surface area (Å²) < 4.78 is 11.4. The highest BCUT2D eigenvalue weighted by atomic mass is 16.5. The topological polar surface area (TPSA) is 18.5 Å². The quantitative estimate of drug-likeness (QED) is 0.591. The lowest BCUT2D eigenvalue weighted by molar-refractivity contribution is 0.347. The van der Waals surface area contributed by atoms with E-state index in [9.17, 15) is 0 Å². The van der Waals surface area contributed by atoms with Crippen LogP contribution in [0.25, 0.3) is 0 Å². The number of hydrogen-bond acceptors (Lipinski definition) is 2. The second kappa shape index (κ2) is 8.81. The molecule has 2 nitrogen and oxygen atoms in total. The molecule has 0 aromatic heterocycles. The summed E-state index contributed by atoms with van der Waals surface area (Å²) in [5.41, 5.74) is 2.10. The number of allylic oxidation sites excluding steroid dienone is 2. The van der Waals surface area contributed by atoms with E-state index in [4.69, 9.17) is 9.47 Å². The Morgan fingerprint density at radius 2 is 1.10 bits per heavy atom. The van der Waals surface area contributed by atoms with Gasteiger partial charge in [-0.1, -0.05) is 37.5 Å². The average molecular weight is 270 g/mol. The monoisotopic (exact) mass is 270 g/mol. The largest absolute Gasteiger partial charge is 0.489 e. The Labute approximate surface area is 121 Å². The summed E-state index contributed by atoms with van der Waals surface area (Å²) >= 11 is 0. The third-order valence-corrected chi connectivity index (χ3v) is 2.69. The molecule has 106 valence electrons. The van der Waals surface area contributed by atoms with Crippen LogP contribution in [0, 0.1) is 0 Å². The Kier molecular flexibility index (Phi) is 6.97. The van der Waals surface area contributed by atoms with Crippen molar-refractivity contribution >= 4 is 0 Å². The Morgan fingerprint density at radius 1 is 0.700 bits per heavy atom. The van der Waals surface area contributed by atoms with Crippen LogP contribution in [0.1, 0.15) is 11.1 Å². The van der Waals surface area contributed by atoms with Crippen molar-refractivity contribution in [1.82, 2.24) is 0 Å².